The highest BCUT2D eigenvalue weighted by molar-refractivity contribution is 7.92. The number of aromatic amines is 2. The van der Waals surface area contributed by atoms with Crippen LogP contribution in [0.3, 0.4) is 0 Å². The first kappa shape index (κ1) is 25.4. The van der Waals surface area contributed by atoms with Crippen LogP contribution in [0.1, 0.15) is 0 Å². The molecule has 4 aromatic rings. The number of hydrogen-bond acceptors (Lipinski definition) is 11. The van der Waals surface area contributed by atoms with Gasteiger partial charge in [-0.25, -0.2) is 31.7 Å². The zero-order valence-electron chi connectivity index (χ0n) is 18.6. The zero-order chi connectivity index (χ0) is 26.1. The van der Waals surface area contributed by atoms with Gasteiger partial charge in [-0.15, -0.1) is 10.2 Å². The Kier molecular flexibility index (Phi) is 6.85. The van der Waals surface area contributed by atoms with Gasteiger partial charge >= 0.3 is 0 Å². The van der Waals surface area contributed by atoms with Crippen LogP contribution in [-0.4, -0.2) is 66.6 Å². The average Bonchev–Trinajstić information content (AvgIpc) is 3.53. The molecule has 4 rings (SSSR count). The van der Waals surface area contributed by atoms with E-state index in [1.54, 1.807) is 30.5 Å². The first-order chi connectivity index (χ1) is 17.0. The Balaban J connectivity index is 1.97. The van der Waals surface area contributed by atoms with Crippen LogP contribution in [0.4, 0.5) is 5.95 Å². The fourth-order valence-corrected chi connectivity index (χ4v) is 6.19. The number of rotatable bonds is 9. The lowest BCUT2D eigenvalue weighted by molar-refractivity contribution is 0.563. The number of nitrogens with zero attached hydrogens (tertiary/aromatic N) is 4. The molecule has 190 valence electrons. The summed E-state index contributed by atoms with van der Waals surface area (Å²) in [4.78, 5) is 5.67. The molecule has 17 heteroatoms. The summed E-state index contributed by atoms with van der Waals surface area (Å²) in [5.41, 5.74) is 18.7. The minimum absolute atomic E-state index is 0.00953. The Morgan fingerprint density at radius 3 is 2.44 bits per heavy atom. The third-order valence-electron chi connectivity index (χ3n) is 5.17. The van der Waals surface area contributed by atoms with E-state index < -0.39 is 35.9 Å². The summed E-state index contributed by atoms with van der Waals surface area (Å²) in [6.45, 7) is -0.216. The Labute approximate surface area is 205 Å². The van der Waals surface area contributed by atoms with Crippen LogP contribution in [-0.2, 0) is 20.0 Å². The van der Waals surface area contributed by atoms with Crippen molar-refractivity contribution in [1.82, 2.24) is 35.3 Å². The number of sulfonamides is 2. The van der Waals surface area contributed by atoms with E-state index >= 15 is 0 Å². The smallest absolute Gasteiger partial charge is 0.241 e. The number of nitrogens with one attached hydrogen (secondary N) is 3. The predicted molar refractivity (Wildman–Crippen MR) is 131 cm³/mol. The van der Waals surface area contributed by atoms with Gasteiger partial charge in [-0.2, -0.15) is 5.21 Å². The largest absolute Gasteiger partial charge is 0.369 e. The lowest BCUT2D eigenvalue weighted by Gasteiger charge is -2.17. The summed E-state index contributed by atoms with van der Waals surface area (Å²) < 4.78 is 54.1. The summed E-state index contributed by atoms with van der Waals surface area (Å²) in [6.07, 6.45) is 1.61. The summed E-state index contributed by atoms with van der Waals surface area (Å²) in [6, 6.07) is 8.77. The van der Waals surface area contributed by atoms with E-state index in [1.807, 2.05) is 0 Å². The number of benzene rings is 2. The summed E-state index contributed by atoms with van der Waals surface area (Å²) >= 11 is 0. The van der Waals surface area contributed by atoms with Gasteiger partial charge in [-0.3, -0.25) is 0 Å². The molecule has 0 saturated heterocycles. The van der Waals surface area contributed by atoms with Gasteiger partial charge in [0.05, 0.1) is 11.3 Å². The van der Waals surface area contributed by atoms with Gasteiger partial charge in [0.1, 0.15) is 9.79 Å². The van der Waals surface area contributed by atoms with Crippen LogP contribution >= 0.6 is 0 Å². The van der Waals surface area contributed by atoms with Crippen LogP contribution in [0.5, 0.6) is 0 Å². The molecule has 2 aromatic heterocycles. The van der Waals surface area contributed by atoms with Crippen molar-refractivity contribution in [1.29, 1.82) is 0 Å². The molecule has 0 bridgehead atoms. The number of primary sulfonamides is 1. The molecular formula is C19H23N11O4S2. The molecule has 2 heterocycles. The number of H-pyrrole nitrogens is 2. The number of anilines is 1. The molecule has 0 amide bonds. The standard InChI is InChI=1S/C19H23N11O4S2/c20-7-12(21)8-25-36(33,34)15-5-4-13(16(17(15)35(23,31)32)18-27-29-30-28-18)10-2-1-3-11(6-10)14-9-24-19(22)26-14/h1-6,9,12,25H,7-8,20-21H2,(H3,22,24,26)(H2,23,31,32)(H,27,28,29,30)/t12-/m0/s1. The molecule has 11 N–H and O–H groups in total. The molecule has 0 aliphatic carbocycles. The van der Waals surface area contributed by atoms with Gasteiger partial charge in [0.15, 0.2) is 5.95 Å². The van der Waals surface area contributed by atoms with Crippen molar-refractivity contribution in [3.8, 4) is 33.8 Å². The minimum atomic E-state index is -4.64. The number of nitrogens with two attached hydrogens (primary N) is 4. The van der Waals surface area contributed by atoms with Crippen molar-refractivity contribution in [3.05, 3.63) is 42.6 Å². The van der Waals surface area contributed by atoms with Gasteiger partial charge < -0.3 is 22.2 Å². The van der Waals surface area contributed by atoms with Crippen LogP contribution < -0.4 is 27.1 Å². The summed E-state index contributed by atoms with van der Waals surface area (Å²) in [5, 5.41) is 19.0. The van der Waals surface area contributed by atoms with E-state index in [2.05, 4.69) is 35.3 Å². The van der Waals surface area contributed by atoms with Gasteiger partial charge in [0.25, 0.3) is 0 Å². The van der Waals surface area contributed by atoms with Gasteiger partial charge in [0, 0.05) is 30.9 Å². The van der Waals surface area contributed by atoms with Crippen molar-refractivity contribution in [2.75, 3.05) is 18.8 Å². The van der Waals surface area contributed by atoms with Crippen LogP contribution in [0, 0.1) is 0 Å². The molecule has 0 spiro atoms. The Morgan fingerprint density at radius 1 is 1.08 bits per heavy atom. The highest BCUT2D eigenvalue weighted by Crippen LogP contribution is 2.39. The lowest BCUT2D eigenvalue weighted by Crippen LogP contribution is -2.42. The fraction of sp³-hybridized carbons (Fsp3) is 0.158. The molecule has 0 radical (unpaired) electrons. The quantitative estimate of drug-likeness (QED) is 0.133. The van der Waals surface area contributed by atoms with Crippen molar-refractivity contribution < 1.29 is 16.8 Å². The second-order valence-electron chi connectivity index (χ2n) is 7.70. The van der Waals surface area contributed by atoms with E-state index in [1.165, 1.54) is 6.07 Å². The van der Waals surface area contributed by atoms with Crippen molar-refractivity contribution >= 4 is 26.0 Å². The molecule has 0 fully saturated rings. The molecule has 0 saturated carbocycles. The molecule has 0 unspecified atom stereocenters. The molecule has 36 heavy (non-hydrogen) atoms. The monoisotopic (exact) mass is 533 g/mol. The maximum atomic E-state index is 13.1. The van der Waals surface area contributed by atoms with E-state index in [4.69, 9.17) is 22.3 Å². The molecular weight excluding hydrogens is 510 g/mol. The maximum absolute atomic E-state index is 13.1. The Bertz CT molecular complexity index is 1600. The predicted octanol–water partition coefficient (Wildman–Crippen LogP) is -1.28. The Morgan fingerprint density at radius 2 is 1.83 bits per heavy atom. The Hall–Kier alpha value is -3.74. The number of tetrazole rings is 1. The molecule has 1 atom stereocenters. The maximum Gasteiger partial charge on any atom is 0.241 e. The normalized spacial score (nSPS) is 13.1. The average molecular weight is 534 g/mol. The minimum Gasteiger partial charge on any atom is -0.369 e. The van der Waals surface area contributed by atoms with Crippen molar-refractivity contribution in [2.24, 2.45) is 16.6 Å². The summed E-state index contributed by atoms with van der Waals surface area (Å²) in [5.74, 6) is 0.0370. The molecule has 0 aliphatic heterocycles. The number of nitrogen functional groups attached to an aromatic ring is 1. The second-order valence-corrected chi connectivity index (χ2v) is 10.9. The summed E-state index contributed by atoms with van der Waals surface area (Å²) in [7, 11) is -9.04. The first-order valence-corrected chi connectivity index (χ1v) is 13.3. The van der Waals surface area contributed by atoms with E-state index in [0.29, 0.717) is 16.8 Å². The van der Waals surface area contributed by atoms with E-state index in [0.717, 1.165) is 6.07 Å². The highest BCUT2D eigenvalue weighted by atomic mass is 32.2. The van der Waals surface area contributed by atoms with Crippen molar-refractivity contribution in [2.45, 2.75) is 15.8 Å². The zero-order valence-corrected chi connectivity index (χ0v) is 20.2. The fourth-order valence-electron chi connectivity index (χ4n) is 3.50. The van der Waals surface area contributed by atoms with Gasteiger partial charge in [-0.05, 0) is 28.5 Å². The third-order valence-corrected chi connectivity index (χ3v) is 7.76. The first-order valence-electron chi connectivity index (χ1n) is 10.3. The molecule has 0 aliphatic rings. The molecule has 2 aromatic carbocycles. The topological polar surface area (TPSA) is 268 Å². The van der Waals surface area contributed by atoms with E-state index in [9.17, 15) is 16.8 Å². The van der Waals surface area contributed by atoms with E-state index in [-0.39, 0.29) is 36.0 Å². The third kappa shape index (κ3) is 5.10. The van der Waals surface area contributed by atoms with Gasteiger partial charge in [-0.1, -0.05) is 24.3 Å². The van der Waals surface area contributed by atoms with Crippen LogP contribution in [0.15, 0.2) is 52.4 Å². The van der Waals surface area contributed by atoms with Crippen LogP contribution in [0.2, 0.25) is 0 Å². The number of imidazole rings is 1. The molecule has 15 nitrogen and oxygen atoms in total. The SMILES string of the molecule is NC[C@H](N)CNS(=O)(=O)c1ccc(-c2cccc(-c3c[nH]c(N)n3)c2)c(-c2nn[nH]n2)c1S(N)(=O)=O. The van der Waals surface area contributed by atoms with Crippen molar-refractivity contribution in [3.63, 3.8) is 0 Å². The van der Waals surface area contributed by atoms with Gasteiger partial charge in [0.2, 0.25) is 25.9 Å². The lowest BCUT2D eigenvalue weighted by atomic mass is 9.97. The van der Waals surface area contributed by atoms with Crippen LogP contribution in [0.25, 0.3) is 33.8 Å². The number of aromatic nitrogens is 6. The second kappa shape index (κ2) is 9.72. The number of hydrogen-bond donors (Lipinski definition) is 7. The highest BCUT2D eigenvalue weighted by Gasteiger charge is 2.32.